The summed E-state index contributed by atoms with van der Waals surface area (Å²) >= 11 is 7.25. The number of hydrogen-bond donors (Lipinski definition) is 0. The number of carbonyl (C=O) groups excluding carboxylic acids is 1. The van der Waals surface area contributed by atoms with Crippen molar-refractivity contribution >= 4 is 44.9 Å². The lowest BCUT2D eigenvalue weighted by atomic mass is 9.94. The molecule has 1 amide bonds. The van der Waals surface area contributed by atoms with Crippen LogP contribution in [-0.4, -0.2) is 34.5 Å². The minimum absolute atomic E-state index is 0.269. The molecule has 0 spiro atoms. The van der Waals surface area contributed by atoms with Crippen LogP contribution >= 0.6 is 39.0 Å². The van der Waals surface area contributed by atoms with Crippen LogP contribution in [0.2, 0.25) is 0 Å². The normalized spacial score (nSPS) is 19.3. The lowest BCUT2D eigenvalue weighted by Gasteiger charge is -2.33. The molecule has 0 unspecified atom stereocenters. The summed E-state index contributed by atoms with van der Waals surface area (Å²) < 4.78 is 0. The second-order valence-corrected chi connectivity index (χ2v) is 8.88. The monoisotopic (exact) mass is 387 g/mol. The van der Waals surface area contributed by atoms with Gasteiger partial charge in [0, 0.05) is 28.5 Å². The van der Waals surface area contributed by atoms with Crippen LogP contribution < -0.4 is 0 Å². The number of amides is 1. The van der Waals surface area contributed by atoms with Gasteiger partial charge in [0.15, 0.2) is 0 Å². The Kier molecular flexibility index (Phi) is 5.68. The van der Waals surface area contributed by atoms with Gasteiger partial charge < -0.3 is 4.90 Å². The van der Waals surface area contributed by atoms with E-state index in [4.69, 9.17) is 0 Å². The molecule has 0 saturated heterocycles. The molecule has 2 nitrogen and oxygen atoms in total. The molecule has 116 valence electrons. The van der Waals surface area contributed by atoms with Gasteiger partial charge in [0.25, 0.3) is 5.91 Å². The van der Waals surface area contributed by atoms with Crippen LogP contribution in [0.25, 0.3) is 0 Å². The zero-order valence-corrected chi connectivity index (χ0v) is 15.5. The molecule has 2 heterocycles. The lowest BCUT2D eigenvalue weighted by molar-refractivity contribution is 0.0656. The van der Waals surface area contributed by atoms with Crippen LogP contribution in [0.4, 0.5) is 0 Å². The van der Waals surface area contributed by atoms with Gasteiger partial charge in [0.1, 0.15) is 0 Å². The summed E-state index contributed by atoms with van der Waals surface area (Å²) in [6.07, 6.45) is 7.37. The summed E-state index contributed by atoms with van der Waals surface area (Å²) in [5, 5.41) is 0.871. The Morgan fingerprint density at radius 3 is 2.86 bits per heavy atom. The van der Waals surface area contributed by atoms with E-state index in [1.54, 1.807) is 11.3 Å². The fourth-order valence-corrected chi connectivity index (χ4v) is 6.04. The lowest BCUT2D eigenvalue weighted by Crippen LogP contribution is -2.42. The highest BCUT2D eigenvalue weighted by Gasteiger charge is 2.27. The van der Waals surface area contributed by atoms with Gasteiger partial charge in [0.05, 0.1) is 4.88 Å². The zero-order valence-electron chi connectivity index (χ0n) is 12.3. The van der Waals surface area contributed by atoms with Gasteiger partial charge in [-0.2, -0.15) is 11.8 Å². The van der Waals surface area contributed by atoms with Crippen molar-refractivity contribution in [2.75, 3.05) is 17.6 Å². The highest BCUT2D eigenvalue weighted by atomic mass is 79.9. The minimum atomic E-state index is 0.269. The Labute approximate surface area is 143 Å². The highest BCUT2D eigenvalue weighted by molar-refractivity contribution is 9.09. The van der Waals surface area contributed by atoms with Crippen LogP contribution in [0.15, 0.2) is 6.07 Å². The summed E-state index contributed by atoms with van der Waals surface area (Å²) in [6.45, 7) is 0.834. The van der Waals surface area contributed by atoms with Gasteiger partial charge in [0.2, 0.25) is 0 Å². The van der Waals surface area contributed by atoms with E-state index in [0.29, 0.717) is 6.04 Å². The number of fused-ring (bicyclic) bond motifs is 1. The first-order chi connectivity index (χ1) is 10.3. The van der Waals surface area contributed by atoms with Crippen molar-refractivity contribution in [3.05, 3.63) is 21.4 Å². The smallest absolute Gasteiger partial charge is 0.264 e. The Morgan fingerprint density at radius 2 is 2.14 bits per heavy atom. The van der Waals surface area contributed by atoms with Gasteiger partial charge in [-0.1, -0.05) is 35.2 Å². The summed E-state index contributed by atoms with van der Waals surface area (Å²) in [7, 11) is 0. The molecule has 0 bridgehead atoms. The molecule has 1 aliphatic heterocycles. The minimum Gasteiger partial charge on any atom is -0.334 e. The Bertz CT molecular complexity index is 473. The average Bonchev–Trinajstić information content (AvgIpc) is 2.97. The third-order valence-electron chi connectivity index (χ3n) is 4.44. The van der Waals surface area contributed by atoms with Crippen molar-refractivity contribution in [3.63, 3.8) is 0 Å². The second kappa shape index (κ2) is 7.51. The van der Waals surface area contributed by atoms with Crippen molar-refractivity contribution in [1.29, 1.82) is 0 Å². The van der Waals surface area contributed by atoms with Crippen LogP contribution in [0, 0.1) is 0 Å². The second-order valence-electron chi connectivity index (χ2n) is 5.84. The first kappa shape index (κ1) is 15.9. The number of carbonyl (C=O) groups is 1. The number of hydrogen-bond acceptors (Lipinski definition) is 3. The van der Waals surface area contributed by atoms with Crippen molar-refractivity contribution in [3.8, 4) is 0 Å². The van der Waals surface area contributed by atoms with E-state index in [2.05, 4.69) is 26.9 Å². The standard InChI is InChI=1S/C16H22BrNOS2/c17-7-8-18(13-4-2-1-3-5-13)16(19)15-10-12-11-20-9-6-14(12)21-15/h10,13H,1-9,11H2. The molecule has 3 rings (SSSR count). The van der Waals surface area contributed by atoms with E-state index in [-0.39, 0.29) is 5.91 Å². The summed E-state index contributed by atoms with van der Waals surface area (Å²) in [5.41, 5.74) is 1.40. The fraction of sp³-hybridized carbons (Fsp3) is 0.688. The van der Waals surface area contributed by atoms with Gasteiger partial charge >= 0.3 is 0 Å². The van der Waals surface area contributed by atoms with Crippen molar-refractivity contribution in [2.45, 2.75) is 50.3 Å². The maximum absolute atomic E-state index is 13.0. The number of nitrogens with zero attached hydrogens (tertiary/aromatic N) is 1. The molecule has 1 aromatic heterocycles. The quantitative estimate of drug-likeness (QED) is 0.697. The van der Waals surface area contributed by atoms with Gasteiger partial charge in [-0.3, -0.25) is 4.79 Å². The van der Waals surface area contributed by atoms with Crippen LogP contribution in [0.3, 0.4) is 0 Å². The molecule has 5 heteroatoms. The molecule has 21 heavy (non-hydrogen) atoms. The largest absolute Gasteiger partial charge is 0.334 e. The molecule has 0 atom stereocenters. The predicted octanol–water partition coefficient (Wildman–Crippen LogP) is 4.71. The molecule has 0 aromatic carbocycles. The molecule has 0 N–H and O–H groups in total. The van der Waals surface area contributed by atoms with Gasteiger partial charge in [-0.15, -0.1) is 11.3 Å². The van der Waals surface area contributed by atoms with E-state index in [9.17, 15) is 4.79 Å². The summed E-state index contributed by atoms with van der Waals surface area (Å²) in [6, 6.07) is 2.62. The van der Waals surface area contributed by atoms with Crippen LogP contribution in [0.1, 0.15) is 52.2 Å². The number of aryl methyl sites for hydroxylation is 1. The molecule has 2 aliphatic rings. The topological polar surface area (TPSA) is 20.3 Å². The first-order valence-electron chi connectivity index (χ1n) is 7.86. The third kappa shape index (κ3) is 3.67. The molecular formula is C16H22BrNOS2. The van der Waals surface area contributed by atoms with E-state index in [1.165, 1.54) is 48.3 Å². The number of thioether (sulfide) groups is 1. The number of alkyl halides is 1. The Morgan fingerprint density at radius 1 is 1.33 bits per heavy atom. The Balaban J connectivity index is 1.77. The number of halogens is 1. The number of thiophene rings is 1. The van der Waals surface area contributed by atoms with E-state index < -0.39 is 0 Å². The summed E-state index contributed by atoms with van der Waals surface area (Å²) in [5.74, 6) is 2.56. The SMILES string of the molecule is O=C(c1cc2c(s1)CCSC2)N(CCBr)C1CCCCC1. The third-order valence-corrected chi connectivity index (χ3v) is 7.03. The van der Waals surface area contributed by atoms with Crippen molar-refractivity contribution in [2.24, 2.45) is 0 Å². The molecule has 1 fully saturated rings. The maximum Gasteiger partial charge on any atom is 0.264 e. The van der Waals surface area contributed by atoms with Crippen LogP contribution in [0.5, 0.6) is 0 Å². The van der Waals surface area contributed by atoms with E-state index >= 15 is 0 Å². The van der Waals surface area contributed by atoms with Crippen molar-refractivity contribution in [1.82, 2.24) is 4.90 Å². The first-order valence-corrected chi connectivity index (χ1v) is 10.9. The fourth-order valence-electron chi connectivity index (χ4n) is 3.33. The molecule has 1 aliphatic carbocycles. The molecule has 1 saturated carbocycles. The average molecular weight is 388 g/mol. The van der Waals surface area contributed by atoms with E-state index in [0.717, 1.165) is 28.9 Å². The van der Waals surface area contributed by atoms with Crippen LogP contribution in [-0.2, 0) is 12.2 Å². The molecule has 1 aromatic rings. The maximum atomic E-state index is 13.0. The molecular weight excluding hydrogens is 366 g/mol. The van der Waals surface area contributed by atoms with Gasteiger partial charge in [-0.25, -0.2) is 0 Å². The Hall–Kier alpha value is -0.000000000000000167. The highest BCUT2D eigenvalue weighted by Crippen LogP contribution is 2.33. The summed E-state index contributed by atoms with van der Waals surface area (Å²) in [4.78, 5) is 17.5. The number of rotatable bonds is 4. The molecule has 0 radical (unpaired) electrons. The van der Waals surface area contributed by atoms with Crippen molar-refractivity contribution < 1.29 is 4.79 Å². The zero-order chi connectivity index (χ0) is 14.7. The predicted molar refractivity (Wildman–Crippen MR) is 95.9 cm³/mol. The van der Waals surface area contributed by atoms with Gasteiger partial charge in [-0.05, 0) is 36.6 Å². The van der Waals surface area contributed by atoms with E-state index in [1.807, 2.05) is 11.8 Å².